The molecule has 1 aromatic carbocycles. The minimum Gasteiger partial charge on any atom is -0.352 e. The average Bonchev–Trinajstić information content (AvgIpc) is 2.99. The van der Waals surface area contributed by atoms with Crippen LogP contribution < -0.4 is 5.32 Å². The van der Waals surface area contributed by atoms with Crippen molar-refractivity contribution in [3.05, 3.63) is 52.8 Å². The number of fused-ring (bicyclic) bond motifs is 1. The quantitative estimate of drug-likeness (QED) is 0.637. The van der Waals surface area contributed by atoms with Crippen molar-refractivity contribution < 1.29 is 4.79 Å². The highest BCUT2D eigenvalue weighted by atomic mass is 32.2. The number of carbonyl (C=O) groups is 1. The van der Waals surface area contributed by atoms with Gasteiger partial charge in [0.25, 0.3) is 5.91 Å². The lowest BCUT2D eigenvalue weighted by Crippen LogP contribution is -2.24. The van der Waals surface area contributed by atoms with E-state index in [0.29, 0.717) is 0 Å². The predicted molar refractivity (Wildman–Crippen MR) is 116 cm³/mol. The zero-order valence-corrected chi connectivity index (χ0v) is 17.7. The number of carbonyl (C=O) groups excluding carboxylic acids is 1. The second-order valence-corrected chi connectivity index (χ2v) is 8.93. The molecule has 3 rings (SSSR count). The summed E-state index contributed by atoms with van der Waals surface area (Å²) in [6.07, 6.45) is 5.82. The minimum atomic E-state index is 0.0297. The normalized spacial score (nSPS) is 16.2. The third-order valence-corrected chi connectivity index (χ3v) is 6.58. The molecule has 4 heteroatoms. The fourth-order valence-corrected chi connectivity index (χ4v) is 4.75. The van der Waals surface area contributed by atoms with E-state index in [4.69, 9.17) is 0 Å². The molecule has 0 unspecified atom stereocenters. The Bertz CT molecular complexity index is 763. The Balaban J connectivity index is 1.62. The van der Waals surface area contributed by atoms with Gasteiger partial charge in [-0.05, 0) is 92.3 Å². The van der Waals surface area contributed by atoms with Crippen molar-refractivity contribution in [2.45, 2.75) is 52.9 Å². The summed E-state index contributed by atoms with van der Waals surface area (Å²) in [7, 11) is 0. The SMILES string of the molecule is CCCSCCCNC(=O)c1ccc(-n2c(C)cc3c2CC[C@H](C)C3)cc1. The van der Waals surface area contributed by atoms with Crippen LogP contribution in [0.2, 0.25) is 0 Å². The van der Waals surface area contributed by atoms with Crippen LogP contribution in [0.5, 0.6) is 0 Å². The third kappa shape index (κ3) is 4.98. The molecule has 0 spiro atoms. The van der Waals surface area contributed by atoms with E-state index in [9.17, 15) is 4.79 Å². The van der Waals surface area contributed by atoms with Crippen molar-refractivity contribution >= 4 is 17.7 Å². The average molecular weight is 385 g/mol. The van der Waals surface area contributed by atoms with E-state index in [-0.39, 0.29) is 5.91 Å². The Morgan fingerprint density at radius 2 is 2.04 bits per heavy atom. The number of hydrogen-bond donors (Lipinski definition) is 1. The van der Waals surface area contributed by atoms with Gasteiger partial charge in [-0.3, -0.25) is 4.79 Å². The van der Waals surface area contributed by atoms with Gasteiger partial charge in [-0.1, -0.05) is 13.8 Å². The van der Waals surface area contributed by atoms with Crippen molar-refractivity contribution in [2.24, 2.45) is 5.92 Å². The van der Waals surface area contributed by atoms with Crippen LogP contribution in [0.1, 0.15) is 60.4 Å². The van der Waals surface area contributed by atoms with Crippen molar-refractivity contribution in [2.75, 3.05) is 18.1 Å². The molecule has 1 aromatic heterocycles. The second-order valence-electron chi connectivity index (χ2n) is 7.71. The highest BCUT2D eigenvalue weighted by Gasteiger charge is 2.21. The number of nitrogens with zero attached hydrogens (tertiary/aromatic N) is 1. The first-order chi connectivity index (χ1) is 13.1. The number of amides is 1. The van der Waals surface area contributed by atoms with Gasteiger partial charge in [-0.2, -0.15) is 11.8 Å². The molecule has 0 saturated carbocycles. The van der Waals surface area contributed by atoms with Crippen molar-refractivity contribution in [1.82, 2.24) is 9.88 Å². The van der Waals surface area contributed by atoms with Crippen LogP contribution >= 0.6 is 11.8 Å². The Kier molecular flexibility index (Phi) is 7.06. The number of benzene rings is 1. The van der Waals surface area contributed by atoms with Gasteiger partial charge >= 0.3 is 0 Å². The number of rotatable bonds is 8. The van der Waals surface area contributed by atoms with Crippen LogP contribution in [0.25, 0.3) is 5.69 Å². The molecular formula is C23H32N2OS. The van der Waals surface area contributed by atoms with E-state index in [0.717, 1.165) is 42.3 Å². The lowest BCUT2D eigenvalue weighted by atomic mass is 9.89. The second kappa shape index (κ2) is 9.50. The molecule has 0 saturated heterocycles. The van der Waals surface area contributed by atoms with Gasteiger partial charge in [-0.25, -0.2) is 0 Å². The lowest BCUT2D eigenvalue weighted by molar-refractivity contribution is 0.0954. The molecular weight excluding hydrogens is 352 g/mol. The van der Waals surface area contributed by atoms with Crippen LogP contribution in [0.4, 0.5) is 0 Å². The molecule has 2 aromatic rings. The predicted octanol–water partition coefficient (Wildman–Crippen LogP) is 5.17. The standard InChI is InChI=1S/C23H32N2OS/c1-4-13-27-14-5-12-24-23(26)19-7-9-21(10-8-19)25-18(3)16-20-15-17(2)6-11-22(20)25/h7-10,16-17H,4-6,11-15H2,1-3H3,(H,24,26)/t17-/m0/s1. The first-order valence-corrected chi connectivity index (χ1v) is 11.4. The molecule has 1 heterocycles. The van der Waals surface area contributed by atoms with Gasteiger partial charge in [-0.15, -0.1) is 0 Å². The van der Waals surface area contributed by atoms with Gasteiger partial charge < -0.3 is 9.88 Å². The maximum atomic E-state index is 12.3. The minimum absolute atomic E-state index is 0.0297. The number of nitrogens with one attached hydrogen (secondary N) is 1. The van der Waals surface area contributed by atoms with Crippen molar-refractivity contribution in [1.29, 1.82) is 0 Å². The summed E-state index contributed by atoms with van der Waals surface area (Å²) in [4.78, 5) is 12.3. The molecule has 1 aliphatic carbocycles. The summed E-state index contributed by atoms with van der Waals surface area (Å²) in [6, 6.07) is 10.4. The van der Waals surface area contributed by atoms with Crippen LogP contribution in [0, 0.1) is 12.8 Å². The Labute approximate surface area is 167 Å². The third-order valence-electron chi connectivity index (χ3n) is 5.31. The monoisotopic (exact) mass is 384 g/mol. The van der Waals surface area contributed by atoms with Gasteiger partial charge in [0.15, 0.2) is 0 Å². The fraction of sp³-hybridized carbons (Fsp3) is 0.522. The Hall–Kier alpha value is -1.68. The first-order valence-electron chi connectivity index (χ1n) is 10.3. The van der Waals surface area contributed by atoms with Crippen molar-refractivity contribution in [3.8, 4) is 5.69 Å². The van der Waals surface area contributed by atoms with E-state index in [1.54, 1.807) is 0 Å². The molecule has 1 aliphatic rings. The van der Waals surface area contributed by atoms with Crippen LogP contribution in [0.15, 0.2) is 30.3 Å². The zero-order valence-electron chi connectivity index (χ0n) is 16.9. The molecule has 1 N–H and O–H groups in total. The first kappa shape index (κ1) is 20.1. The molecule has 146 valence electrons. The summed E-state index contributed by atoms with van der Waals surface area (Å²) in [5, 5.41) is 3.04. The highest BCUT2D eigenvalue weighted by Crippen LogP contribution is 2.30. The highest BCUT2D eigenvalue weighted by molar-refractivity contribution is 7.99. The molecule has 27 heavy (non-hydrogen) atoms. The Morgan fingerprint density at radius 1 is 1.26 bits per heavy atom. The summed E-state index contributed by atoms with van der Waals surface area (Å²) >= 11 is 1.96. The van der Waals surface area contributed by atoms with Crippen molar-refractivity contribution in [3.63, 3.8) is 0 Å². The van der Waals surface area contributed by atoms with Gasteiger partial charge in [0, 0.05) is 29.2 Å². The number of aromatic nitrogens is 1. The smallest absolute Gasteiger partial charge is 0.251 e. The summed E-state index contributed by atoms with van der Waals surface area (Å²) < 4.78 is 2.37. The topological polar surface area (TPSA) is 34.0 Å². The maximum Gasteiger partial charge on any atom is 0.251 e. The number of hydrogen-bond acceptors (Lipinski definition) is 2. The zero-order chi connectivity index (χ0) is 19.2. The molecule has 0 bridgehead atoms. The molecule has 1 amide bonds. The molecule has 0 radical (unpaired) electrons. The molecule has 0 aliphatic heterocycles. The van der Waals surface area contributed by atoms with Gasteiger partial charge in [0.1, 0.15) is 0 Å². The maximum absolute atomic E-state index is 12.3. The summed E-state index contributed by atoms with van der Waals surface area (Å²) in [5.74, 6) is 3.13. The van der Waals surface area contributed by atoms with E-state index in [1.807, 2.05) is 23.9 Å². The molecule has 3 nitrogen and oxygen atoms in total. The van der Waals surface area contributed by atoms with E-state index >= 15 is 0 Å². The fourth-order valence-electron chi connectivity index (χ4n) is 3.91. The van der Waals surface area contributed by atoms with Gasteiger partial charge in [0.05, 0.1) is 0 Å². The summed E-state index contributed by atoms with van der Waals surface area (Å²) in [6.45, 7) is 7.47. The van der Waals surface area contributed by atoms with Gasteiger partial charge in [0.2, 0.25) is 0 Å². The largest absolute Gasteiger partial charge is 0.352 e. The Morgan fingerprint density at radius 3 is 2.78 bits per heavy atom. The van der Waals surface area contributed by atoms with E-state index < -0.39 is 0 Å². The van der Waals surface area contributed by atoms with Crippen LogP contribution in [-0.4, -0.2) is 28.5 Å². The molecule has 0 fully saturated rings. The van der Waals surface area contributed by atoms with E-state index in [2.05, 4.69) is 48.9 Å². The molecule has 1 atom stereocenters. The van der Waals surface area contributed by atoms with Crippen LogP contribution in [0.3, 0.4) is 0 Å². The lowest BCUT2D eigenvalue weighted by Gasteiger charge is -2.21. The van der Waals surface area contributed by atoms with E-state index in [1.165, 1.54) is 42.0 Å². The summed E-state index contributed by atoms with van der Waals surface area (Å²) in [5.41, 5.74) is 6.14. The number of aryl methyl sites for hydroxylation is 1. The number of thioether (sulfide) groups is 1. The van der Waals surface area contributed by atoms with Crippen LogP contribution in [-0.2, 0) is 12.8 Å².